The van der Waals surface area contributed by atoms with E-state index in [1.54, 1.807) is 12.0 Å². The van der Waals surface area contributed by atoms with Crippen LogP contribution in [0.25, 0.3) is 6.08 Å². The van der Waals surface area contributed by atoms with E-state index in [0.29, 0.717) is 10.8 Å². The molecule has 0 atom stereocenters. The lowest BCUT2D eigenvalue weighted by Gasteiger charge is -2.29. The van der Waals surface area contributed by atoms with Crippen molar-refractivity contribution in [2.45, 2.75) is 38.1 Å². The van der Waals surface area contributed by atoms with Crippen molar-refractivity contribution in [1.29, 1.82) is 0 Å². The summed E-state index contributed by atoms with van der Waals surface area (Å²) in [4.78, 5) is 14.4. The van der Waals surface area contributed by atoms with Gasteiger partial charge in [0.25, 0.3) is 5.91 Å². The number of amides is 1. The SMILES string of the molecule is COc1cccc(/C=C2/NC(=S)N(C3CCCCC3)C2=O)c1. The average Bonchev–Trinajstić information content (AvgIpc) is 2.82. The molecule has 1 saturated carbocycles. The molecule has 5 heteroatoms. The highest BCUT2D eigenvalue weighted by Crippen LogP contribution is 2.27. The van der Waals surface area contributed by atoms with Gasteiger partial charge in [0, 0.05) is 6.04 Å². The first-order chi connectivity index (χ1) is 10.7. The van der Waals surface area contributed by atoms with Crippen molar-refractivity contribution >= 4 is 29.3 Å². The summed E-state index contributed by atoms with van der Waals surface area (Å²) in [5.41, 5.74) is 1.47. The van der Waals surface area contributed by atoms with Crippen molar-refractivity contribution < 1.29 is 9.53 Å². The Morgan fingerprint density at radius 1 is 1.32 bits per heavy atom. The number of nitrogens with zero attached hydrogens (tertiary/aromatic N) is 1. The Morgan fingerprint density at radius 2 is 2.09 bits per heavy atom. The number of nitrogens with one attached hydrogen (secondary N) is 1. The number of rotatable bonds is 3. The number of thiocarbonyl (C=S) groups is 1. The van der Waals surface area contributed by atoms with Gasteiger partial charge in [0.15, 0.2) is 5.11 Å². The molecule has 1 aromatic carbocycles. The normalized spacial score (nSPS) is 21.3. The third-order valence-electron chi connectivity index (χ3n) is 4.25. The van der Waals surface area contributed by atoms with E-state index in [2.05, 4.69) is 5.32 Å². The number of hydrogen-bond acceptors (Lipinski definition) is 3. The molecular weight excluding hydrogens is 296 g/mol. The van der Waals surface area contributed by atoms with Crippen molar-refractivity contribution in [1.82, 2.24) is 10.2 Å². The molecule has 116 valence electrons. The van der Waals surface area contributed by atoms with Crippen LogP contribution in [-0.2, 0) is 4.79 Å². The van der Waals surface area contributed by atoms with Gasteiger partial charge in [-0.3, -0.25) is 9.69 Å². The number of methoxy groups -OCH3 is 1. The zero-order chi connectivity index (χ0) is 15.5. The van der Waals surface area contributed by atoms with E-state index >= 15 is 0 Å². The molecule has 0 aromatic heterocycles. The molecule has 0 bridgehead atoms. The minimum atomic E-state index is -0.0141. The summed E-state index contributed by atoms with van der Waals surface area (Å²) >= 11 is 5.37. The number of benzene rings is 1. The van der Waals surface area contributed by atoms with E-state index in [4.69, 9.17) is 17.0 Å². The van der Waals surface area contributed by atoms with Gasteiger partial charge in [-0.05, 0) is 48.8 Å². The zero-order valence-electron chi connectivity index (χ0n) is 12.7. The summed E-state index contributed by atoms with van der Waals surface area (Å²) in [6, 6.07) is 7.87. The second kappa shape index (κ2) is 6.48. The molecule has 1 heterocycles. The number of ether oxygens (including phenoxy) is 1. The number of carbonyl (C=O) groups is 1. The lowest BCUT2D eigenvalue weighted by molar-refractivity contribution is -0.124. The molecule has 0 spiro atoms. The Balaban J connectivity index is 1.81. The molecular formula is C17H20N2O2S. The van der Waals surface area contributed by atoms with E-state index in [-0.39, 0.29) is 11.9 Å². The van der Waals surface area contributed by atoms with Crippen LogP contribution in [0.5, 0.6) is 5.75 Å². The highest BCUT2D eigenvalue weighted by atomic mass is 32.1. The topological polar surface area (TPSA) is 41.6 Å². The van der Waals surface area contributed by atoms with Crippen molar-refractivity contribution in [3.8, 4) is 5.75 Å². The summed E-state index contributed by atoms with van der Waals surface area (Å²) in [5, 5.41) is 3.60. The van der Waals surface area contributed by atoms with E-state index in [1.165, 1.54) is 19.3 Å². The molecule has 1 N–H and O–H groups in total. The summed E-state index contributed by atoms with van der Waals surface area (Å²) < 4.78 is 5.21. The molecule has 2 fully saturated rings. The summed E-state index contributed by atoms with van der Waals surface area (Å²) in [5.74, 6) is 0.756. The van der Waals surface area contributed by atoms with Crippen LogP contribution in [0.3, 0.4) is 0 Å². The van der Waals surface area contributed by atoms with Crippen LogP contribution < -0.4 is 10.1 Å². The van der Waals surface area contributed by atoms with E-state index in [1.807, 2.05) is 30.3 Å². The average molecular weight is 316 g/mol. The molecule has 0 unspecified atom stereocenters. The van der Waals surface area contributed by atoms with Crippen LogP contribution in [0.2, 0.25) is 0 Å². The van der Waals surface area contributed by atoms with E-state index in [9.17, 15) is 4.79 Å². The predicted molar refractivity (Wildman–Crippen MR) is 90.4 cm³/mol. The first kappa shape index (κ1) is 15.0. The van der Waals surface area contributed by atoms with Gasteiger partial charge in [-0.2, -0.15) is 0 Å². The minimum Gasteiger partial charge on any atom is -0.497 e. The van der Waals surface area contributed by atoms with Gasteiger partial charge in [-0.25, -0.2) is 0 Å². The summed E-state index contributed by atoms with van der Waals surface area (Å²) in [7, 11) is 1.63. The standard InChI is InChI=1S/C17H20N2O2S/c1-21-14-9-5-6-12(10-14)11-15-16(20)19(17(22)18-15)13-7-3-2-4-8-13/h5-6,9-11,13H,2-4,7-8H2,1H3,(H,18,22)/b15-11+. The highest BCUT2D eigenvalue weighted by molar-refractivity contribution is 7.80. The summed E-state index contributed by atoms with van der Waals surface area (Å²) in [6.07, 6.45) is 7.52. The van der Waals surface area contributed by atoms with Crippen LogP contribution in [-0.4, -0.2) is 29.1 Å². The maximum absolute atomic E-state index is 12.7. The van der Waals surface area contributed by atoms with Crippen molar-refractivity contribution in [3.63, 3.8) is 0 Å². The van der Waals surface area contributed by atoms with Crippen LogP contribution in [0.1, 0.15) is 37.7 Å². The molecule has 4 nitrogen and oxygen atoms in total. The number of hydrogen-bond donors (Lipinski definition) is 1. The minimum absolute atomic E-state index is 0.0141. The Hall–Kier alpha value is -1.88. The maximum atomic E-state index is 12.7. The molecule has 3 rings (SSSR count). The first-order valence-corrected chi connectivity index (χ1v) is 8.10. The van der Waals surface area contributed by atoms with Gasteiger partial charge in [-0.1, -0.05) is 31.4 Å². The third kappa shape index (κ3) is 2.99. The quantitative estimate of drug-likeness (QED) is 0.687. The third-order valence-corrected chi connectivity index (χ3v) is 4.55. The monoisotopic (exact) mass is 316 g/mol. The summed E-state index contributed by atoms with van der Waals surface area (Å²) in [6.45, 7) is 0. The fraction of sp³-hybridized carbons (Fsp3) is 0.412. The van der Waals surface area contributed by atoms with Gasteiger partial charge in [-0.15, -0.1) is 0 Å². The van der Waals surface area contributed by atoms with Crippen LogP contribution in [0.4, 0.5) is 0 Å². The van der Waals surface area contributed by atoms with E-state index in [0.717, 1.165) is 24.2 Å². The fourth-order valence-electron chi connectivity index (χ4n) is 3.12. The molecule has 1 amide bonds. The molecule has 1 aliphatic carbocycles. The lowest BCUT2D eigenvalue weighted by Crippen LogP contribution is -2.41. The van der Waals surface area contributed by atoms with Crippen molar-refractivity contribution in [3.05, 3.63) is 35.5 Å². The Morgan fingerprint density at radius 3 is 2.82 bits per heavy atom. The van der Waals surface area contributed by atoms with Crippen LogP contribution in [0.15, 0.2) is 30.0 Å². The van der Waals surface area contributed by atoms with Gasteiger partial charge in [0.2, 0.25) is 0 Å². The molecule has 2 aliphatic rings. The predicted octanol–water partition coefficient (Wildman–Crippen LogP) is 3.09. The Bertz CT molecular complexity index is 621. The fourth-order valence-corrected chi connectivity index (χ4v) is 3.46. The molecule has 1 aliphatic heterocycles. The first-order valence-electron chi connectivity index (χ1n) is 7.69. The second-order valence-electron chi connectivity index (χ2n) is 5.73. The van der Waals surface area contributed by atoms with E-state index < -0.39 is 0 Å². The maximum Gasteiger partial charge on any atom is 0.276 e. The van der Waals surface area contributed by atoms with Gasteiger partial charge in [0.05, 0.1) is 7.11 Å². The smallest absolute Gasteiger partial charge is 0.276 e. The molecule has 1 saturated heterocycles. The van der Waals surface area contributed by atoms with Gasteiger partial charge in [0.1, 0.15) is 11.4 Å². The van der Waals surface area contributed by atoms with Crippen molar-refractivity contribution in [2.24, 2.45) is 0 Å². The second-order valence-corrected chi connectivity index (χ2v) is 6.12. The lowest BCUT2D eigenvalue weighted by atomic mass is 9.94. The van der Waals surface area contributed by atoms with Crippen molar-refractivity contribution in [2.75, 3.05) is 7.11 Å². The zero-order valence-corrected chi connectivity index (χ0v) is 13.5. The van der Waals surface area contributed by atoms with Gasteiger partial charge < -0.3 is 10.1 Å². The highest BCUT2D eigenvalue weighted by Gasteiger charge is 2.36. The molecule has 22 heavy (non-hydrogen) atoms. The molecule has 0 radical (unpaired) electrons. The largest absolute Gasteiger partial charge is 0.497 e. The van der Waals surface area contributed by atoms with Crippen LogP contribution in [0, 0.1) is 0 Å². The Kier molecular flexibility index (Phi) is 4.43. The number of carbonyl (C=O) groups excluding carboxylic acids is 1. The van der Waals surface area contributed by atoms with Gasteiger partial charge >= 0.3 is 0 Å². The van der Waals surface area contributed by atoms with Crippen LogP contribution >= 0.6 is 12.2 Å². The Labute approximate surface area is 136 Å². The molecule has 1 aromatic rings.